The average Bonchev–Trinajstić information content (AvgIpc) is 2.01. The Morgan fingerprint density at radius 1 is 1.29 bits per heavy atom. The fraction of sp³-hybridized carbons (Fsp3) is 0.364. The number of hydrogen-bond donors (Lipinski definition) is 1. The van der Waals surface area contributed by atoms with Gasteiger partial charge in [-0.25, -0.2) is 0 Å². The van der Waals surface area contributed by atoms with Gasteiger partial charge in [0.15, 0.2) is 5.38 Å². The molecular formula is C11H13ClO2. The molecule has 76 valence electrons. The molecule has 0 fully saturated rings. The number of aliphatic carboxylic acids is 1. The molecule has 0 aliphatic rings. The second-order valence-corrected chi connectivity index (χ2v) is 3.95. The zero-order valence-electron chi connectivity index (χ0n) is 8.47. The Morgan fingerprint density at radius 2 is 1.71 bits per heavy atom. The summed E-state index contributed by atoms with van der Waals surface area (Å²) in [6.45, 7) is 5.75. The zero-order chi connectivity index (χ0) is 10.9. The summed E-state index contributed by atoms with van der Waals surface area (Å²) < 4.78 is 0. The smallest absolute Gasteiger partial charge is 0.326 e. The first kappa shape index (κ1) is 11.1. The van der Waals surface area contributed by atoms with E-state index in [4.69, 9.17) is 16.7 Å². The maximum Gasteiger partial charge on any atom is 0.326 e. The maximum atomic E-state index is 10.8. The number of hydrogen-bond acceptors (Lipinski definition) is 1. The number of carboxylic acids is 1. The van der Waals surface area contributed by atoms with Crippen LogP contribution in [0.15, 0.2) is 12.1 Å². The van der Waals surface area contributed by atoms with Crippen molar-refractivity contribution in [2.24, 2.45) is 0 Å². The summed E-state index contributed by atoms with van der Waals surface area (Å²) >= 11 is 5.80. The van der Waals surface area contributed by atoms with Crippen molar-refractivity contribution in [1.82, 2.24) is 0 Å². The highest BCUT2D eigenvalue weighted by Gasteiger charge is 2.20. The van der Waals surface area contributed by atoms with Gasteiger partial charge in [-0.3, -0.25) is 4.79 Å². The third kappa shape index (κ3) is 2.07. The monoisotopic (exact) mass is 212 g/mol. The molecule has 0 saturated carbocycles. The van der Waals surface area contributed by atoms with E-state index < -0.39 is 11.3 Å². The van der Waals surface area contributed by atoms with Gasteiger partial charge in [0.1, 0.15) is 0 Å². The number of rotatable bonds is 2. The first-order valence-corrected chi connectivity index (χ1v) is 4.81. The van der Waals surface area contributed by atoms with Gasteiger partial charge in [-0.2, -0.15) is 0 Å². The zero-order valence-corrected chi connectivity index (χ0v) is 9.22. The van der Waals surface area contributed by atoms with E-state index in [1.807, 2.05) is 32.9 Å². The molecule has 1 aromatic carbocycles. The number of carboxylic acid groups (broad SMARTS) is 1. The summed E-state index contributed by atoms with van der Waals surface area (Å²) in [5, 5.41) is 7.87. The van der Waals surface area contributed by atoms with Gasteiger partial charge in [-0.05, 0) is 37.5 Å². The Kier molecular flexibility index (Phi) is 3.17. The van der Waals surface area contributed by atoms with Gasteiger partial charge in [-0.1, -0.05) is 17.7 Å². The highest BCUT2D eigenvalue weighted by Crippen LogP contribution is 2.28. The summed E-state index contributed by atoms with van der Waals surface area (Å²) in [7, 11) is 0. The molecule has 0 aliphatic carbocycles. The molecule has 1 N–H and O–H groups in total. The summed E-state index contributed by atoms with van der Waals surface area (Å²) in [5.74, 6) is -0.998. The fourth-order valence-electron chi connectivity index (χ4n) is 1.71. The van der Waals surface area contributed by atoms with E-state index in [-0.39, 0.29) is 0 Å². The van der Waals surface area contributed by atoms with Crippen LogP contribution in [0.4, 0.5) is 0 Å². The highest BCUT2D eigenvalue weighted by molar-refractivity contribution is 6.29. The first-order valence-electron chi connectivity index (χ1n) is 4.38. The van der Waals surface area contributed by atoms with Crippen LogP contribution in [-0.2, 0) is 4.79 Å². The van der Waals surface area contributed by atoms with Gasteiger partial charge in [-0.15, -0.1) is 11.6 Å². The highest BCUT2D eigenvalue weighted by atomic mass is 35.5. The van der Waals surface area contributed by atoms with E-state index >= 15 is 0 Å². The van der Waals surface area contributed by atoms with Crippen LogP contribution >= 0.6 is 11.6 Å². The standard InChI is InChI=1S/C11H13ClO2/c1-6-4-7(2)9(8(3)5-6)10(12)11(13)14/h4-5,10H,1-3H3,(H,13,14). The van der Waals surface area contributed by atoms with Gasteiger partial charge in [0, 0.05) is 0 Å². The molecule has 2 nitrogen and oxygen atoms in total. The predicted molar refractivity (Wildman–Crippen MR) is 56.9 cm³/mol. The van der Waals surface area contributed by atoms with Crippen molar-refractivity contribution >= 4 is 17.6 Å². The lowest BCUT2D eigenvalue weighted by atomic mass is 9.97. The number of alkyl halides is 1. The maximum absolute atomic E-state index is 10.8. The van der Waals surface area contributed by atoms with E-state index in [9.17, 15) is 4.79 Å². The molecule has 1 atom stereocenters. The molecule has 0 heterocycles. The molecule has 0 aliphatic heterocycles. The van der Waals surface area contributed by atoms with Crippen LogP contribution in [0.3, 0.4) is 0 Å². The average molecular weight is 213 g/mol. The Balaban J connectivity index is 3.27. The molecule has 0 spiro atoms. The molecule has 1 unspecified atom stereocenters. The third-order valence-electron chi connectivity index (χ3n) is 2.21. The van der Waals surface area contributed by atoms with Crippen molar-refractivity contribution in [3.8, 4) is 0 Å². The molecule has 14 heavy (non-hydrogen) atoms. The fourth-order valence-corrected chi connectivity index (χ4v) is 2.06. The molecule has 0 saturated heterocycles. The van der Waals surface area contributed by atoms with Gasteiger partial charge in [0.2, 0.25) is 0 Å². The van der Waals surface area contributed by atoms with Crippen LogP contribution in [0.1, 0.15) is 27.6 Å². The van der Waals surface area contributed by atoms with E-state index in [0.29, 0.717) is 5.56 Å². The summed E-state index contributed by atoms with van der Waals surface area (Å²) in [5.41, 5.74) is 3.71. The number of halogens is 1. The van der Waals surface area contributed by atoms with Crippen LogP contribution in [0.25, 0.3) is 0 Å². The van der Waals surface area contributed by atoms with Crippen LogP contribution < -0.4 is 0 Å². The number of benzene rings is 1. The molecule has 0 bridgehead atoms. The molecule has 0 radical (unpaired) electrons. The third-order valence-corrected chi connectivity index (χ3v) is 2.61. The van der Waals surface area contributed by atoms with Crippen LogP contribution in [-0.4, -0.2) is 11.1 Å². The van der Waals surface area contributed by atoms with Crippen LogP contribution in [0.2, 0.25) is 0 Å². The van der Waals surface area contributed by atoms with Gasteiger partial charge < -0.3 is 5.11 Å². The number of aryl methyl sites for hydroxylation is 3. The lowest BCUT2D eigenvalue weighted by Crippen LogP contribution is -2.08. The molecule has 0 aromatic heterocycles. The lowest BCUT2D eigenvalue weighted by Gasteiger charge is -2.13. The Morgan fingerprint density at radius 3 is 2.07 bits per heavy atom. The van der Waals surface area contributed by atoms with Crippen molar-refractivity contribution in [3.63, 3.8) is 0 Å². The summed E-state index contributed by atoms with van der Waals surface area (Å²) in [4.78, 5) is 10.8. The summed E-state index contributed by atoms with van der Waals surface area (Å²) in [6, 6.07) is 3.89. The van der Waals surface area contributed by atoms with Crippen molar-refractivity contribution in [1.29, 1.82) is 0 Å². The van der Waals surface area contributed by atoms with Crippen molar-refractivity contribution in [3.05, 3.63) is 34.4 Å². The normalized spacial score (nSPS) is 12.6. The second kappa shape index (κ2) is 4.01. The molecular weight excluding hydrogens is 200 g/mol. The largest absolute Gasteiger partial charge is 0.480 e. The molecule has 0 amide bonds. The van der Waals surface area contributed by atoms with Gasteiger partial charge in [0.05, 0.1) is 0 Å². The van der Waals surface area contributed by atoms with E-state index in [2.05, 4.69) is 0 Å². The van der Waals surface area contributed by atoms with Gasteiger partial charge in [0.25, 0.3) is 0 Å². The molecule has 3 heteroatoms. The van der Waals surface area contributed by atoms with Crippen LogP contribution in [0, 0.1) is 20.8 Å². The Bertz CT molecular complexity index is 349. The Hall–Kier alpha value is -1.02. The van der Waals surface area contributed by atoms with Crippen molar-refractivity contribution in [2.75, 3.05) is 0 Å². The lowest BCUT2D eigenvalue weighted by molar-refractivity contribution is -0.136. The van der Waals surface area contributed by atoms with Gasteiger partial charge >= 0.3 is 5.97 Å². The topological polar surface area (TPSA) is 37.3 Å². The SMILES string of the molecule is Cc1cc(C)c(C(Cl)C(=O)O)c(C)c1. The summed E-state index contributed by atoms with van der Waals surface area (Å²) in [6.07, 6.45) is 0. The Labute approximate surface area is 88.5 Å². The van der Waals surface area contributed by atoms with E-state index in [1.54, 1.807) is 0 Å². The van der Waals surface area contributed by atoms with E-state index in [0.717, 1.165) is 16.7 Å². The molecule has 1 aromatic rings. The first-order chi connectivity index (χ1) is 6.43. The minimum Gasteiger partial charge on any atom is -0.480 e. The predicted octanol–water partition coefficient (Wildman–Crippen LogP) is 2.98. The van der Waals surface area contributed by atoms with E-state index in [1.165, 1.54) is 0 Å². The minimum atomic E-state index is -0.998. The quantitative estimate of drug-likeness (QED) is 0.766. The minimum absolute atomic E-state index is 0.713. The van der Waals surface area contributed by atoms with Crippen molar-refractivity contribution in [2.45, 2.75) is 26.1 Å². The second-order valence-electron chi connectivity index (χ2n) is 3.51. The van der Waals surface area contributed by atoms with Crippen molar-refractivity contribution < 1.29 is 9.90 Å². The molecule has 1 rings (SSSR count). The number of carbonyl (C=O) groups is 1. The van der Waals surface area contributed by atoms with Crippen LogP contribution in [0.5, 0.6) is 0 Å².